The molecule has 0 aliphatic heterocycles. The summed E-state index contributed by atoms with van der Waals surface area (Å²) in [7, 11) is 0. The van der Waals surface area contributed by atoms with Crippen molar-refractivity contribution in [2.45, 2.75) is 13.8 Å². The third kappa shape index (κ3) is 3.03. The molecular formula is C16H16N2O2. The maximum Gasteiger partial charge on any atom is 0.257 e. The normalized spacial score (nSPS) is 10.1. The maximum atomic E-state index is 12.1. The number of hydrogen-bond donors (Lipinski definition) is 2. The first-order valence-electron chi connectivity index (χ1n) is 6.26. The van der Waals surface area contributed by atoms with Crippen LogP contribution in [0.1, 0.15) is 33.2 Å². The summed E-state index contributed by atoms with van der Waals surface area (Å²) < 4.78 is 0. The highest BCUT2D eigenvalue weighted by Crippen LogP contribution is 2.17. The van der Waals surface area contributed by atoms with E-state index < -0.39 is 0 Å². The Hall–Kier alpha value is -2.62. The van der Waals surface area contributed by atoms with Crippen LogP contribution in [0, 0.1) is 6.92 Å². The predicted molar refractivity (Wildman–Crippen MR) is 80.0 cm³/mol. The van der Waals surface area contributed by atoms with Gasteiger partial charge >= 0.3 is 0 Å². The SMILES string of the molecule is CC(=O)c1ccc(NC(=O)c2cc(C)ccc2N)cc1. The molecular weight excluding hydrogens is 252 g/mol. The van der Waals surface area contributed by atoms with E-state index in [1.165, 1.54) is 6.92 Å². The van der Waals surface area contributed by atoms with E-state index in [4.69, 9.17) is 5.73 Å². The van der Waals surface area contributed by atoms with Crippen LogP contribution in [-0.4, -0.2) is 11.7 Å². The fourth-order valence-corrected chi connectivity index (χ4v) is 1.85. The molecule has 0 spiro atoms. The highest BCUT2D eigenvalue weighted by atomic mass is 16.1. The molecule has 0 aliphatic rings. The number of rotatable bonds is 3. The lowest BCUT2D eigenvalue weighted by Gasteiger charge is -2.08. The highest BCUT2D eigenvalue weighted by Gasteiger charge is 2.10. The Labute approximate surface area is 117 Å². The number of ketones is 1. The second-order valence-corrected chi connectivity index (χ2v) is 4.68. The molecule has 102 valence electrons. The van der Waals surface area contributed by atoms with Gasteiger partial charge in [0.05, 0.1) is 5.56 Å². The number of anilines is 2. The van der Waals surface area contributed by atoms with Crippen molar-refractivity contribution >= 4 is 23.1 Å². The van der Waals surface area contributed by atoms with E-state index in [1.54, 1.807) is 36.4 Å². The fraction of sp³-hybridized carbons (Fsp3) is 0.125. The van der Waals surface area contributed by atoms with Gasteiger partial charge in [-0.2, -0.15) is 0 Å². The molecule has 20 heavy (non-hydrogen) atoms. The topological polar surface area (TPSA) is 72.2 Å². The summed E-state index contributed by atoms with van der Waals surface area (Å²) in [5.74, 6) is -0.271. The zero-order chi connectivity index (χ0) is 14.7. The molecule has 0 radical (unpaired) electrons. The lowest BCUT2D eigenvalue weighted by molar-refractivity contribution is 0.101. The fourth-order valence-electron chi connectivity index (χ4n) is 1.85. The highest BCUT2D eigenvalue weighted by molar-refractivity contribution is 6.08. The Morgan fingerprint density at radius 1 is 1.05 bits per heavy atom. The van der Waals surface area contributed by atoms with Crippen molar-refractivity contribution in [1.82, 2.24) is 0 Å². The number of nitrogens with two attached hydrogens (primary N) is 1. The first-order valence-corrected chi connectivity index (χ1v) is 6.26. The molecule has 2 rings (SSSR count). The van der Waals surface area contributed by atoms with Gasteiger partial charge in [-0.1, -0.05) is 11.6 Å². The summed E-state index contributed by atoms with van der Waals surface area (Å²) in [6.45, 7) is 3.40. The van der Waals surface area contributed by atoms with E-state index in [2.05, 4.69) is 5.32 Å². The monoisotopic (exact) mass is 268 g/mol. The smallest absolute Gasteiger partial charge is 0.257 e. The predicted octanol–water partition coefficient (Wildman–Crippen LogP) is 3.03. The number of carbonyl (C=O) groups is 2. The minimum Gasteiger partial charge on any atom is -0.398 e. The van der Waals surface area contributed by atoms with Gasteiger partial charge in [-0.15, -0.1) is 0 Å². The molecule has 0 saturated heterocycles. The van der Waals surface area contributed by atoms with Crippen LogP contribution < -0.4 is 11.1 Å². The van der Waals surface area contributed by atoms with Gasteiger partial charge in [-0.25, -0.2) is 0 Å². The molecule has 0 fully saturated rings. The molecule has 3 N–H and O–H groups in total. The van der Waals surface area contributed by atoms with Crippen molar-refractivity contribution in [3.05, 3.63) is 59.2 Å². The molecule has 2 aromatic carbocycles. The summed E-state index contributed by atoms with van der Waals surface area (Å²) in [5, 5.41) is 2.76. The number of amides is 1. The second-order valence-electron chi connectivity index (χ2n) is 4.68. The van der Waals surface area contributed by atoms with Gasteiger partial charge in [0.15, 0.2) is 5.78 Å². The number of hydrogen-bond acceptors (Lipinski definition) is 3. The Morgan fingerprint density at radius 3 is 2.30 bits per heavy atom. The summed E-state index contributed by atoms with van der Waals surface area (Å²) >= 11 is 0. The second kappa shape index (κ2) is 5.57. The van der Waals surface area contributed by atoms with Crippen molar-refractivity contribution in [2.75, 3.05) is 11.1 Å². The number of nitrogen functional groups attached to an aromatic ring is 1. The van der Waals surface area contributed by atoms with E-state index in [0.717, 1.165) is 5.56 Å². The third-order valence-electron chi connectivity index (χ3n) is 3.00. The first kappa shape index (κ1) is 13.8. The van der Waals surface area contributed by atoms with Crippen molar-refractivity contribution in [2.24, 2.45) is 0 Å². The molecule has 0 aliphatic carbocycles. The average Bonchev–Trinajstić information content (AvgIpc) is 2.42. The number of aryl methyl sites for hydroxylation is 1. The van der Waals surface area contributed by atoms with Gasteiger partial charge in [-0.3, -0.25) is 9.59 Å². The van der Waals surface area contributed by atoms with Gasteiger partial charge in [0.2, 0.25) is 0 Å². The van der Waals surface area contributed by atoms with Gasteiger partial charge in [0.1, 0.15) is 0 Å². The van der Waals surface area contributed by atoms with Gasteiger partial charge < -0.3 is 11.1 Å². The lowest BCUT2D eigenvalue weighted by atomic mass is 10.1. The molecule has 0 atom stereocenters. The molecule has 4 nitrogen and oxygen atoms in total. The molecule has 0 unspecified atom stereocenters. The van der Waals surface area contributed by atoms with E-state index in [9.17, 15) is 9.59 Å². The van der Waals surface area contributed by atoms with Crippen LogP contribution in [0.25, 0.3) is 0 Å². The van der Waals surface area contributed by atoms with Crippen LogP contribution in [-0.2, 0) is 0 Å². The summed E-state index contributed by atoms with van der Waals surface area (Å²) in [6.07, 6.45) is 0. The number of Topliss-reactive ketones (excluding diaryl/α,β-unsaturated/α-hetero) is 1. The van der Waals surface area contributed by atoms with Crippen molar-refractivity contribution < 1.29 is 9.59 Å². The van der Waals surface area contributed by atoms with Crippen LogP contribution in [0.2, 0.25) is 0 Å². The van der Waals surface area contributed by atoms with Crippen molar-refractivity contribution in [3.8, 4) is 0 Å². The molecule has 2 aromatic rings. The standard InChI is InChI=1S/C16H16N2O2/c1-10-3-8-15(17)14(9-10)16(20)18-13-6-4-12(5-7-13)11(2)19/h3-9H,17H2,1-2H3,(H,18,20). The quantitative estimate of drug-likeness (QED) is 0.664. The molecule has 0 heterocycles. The molecule has 0 bridgehead atoms. The average molecular weight is 268 g/mol. The summed E-state index contributed by atoms with van der Waals surface area (Å²) in [5.41, 5.74) is 8.89. The molecule has 4 heteroatoms. The summed E-state index contributed by atoms with van der Waals surface area (Å²) in [6, 6.07) is 12.1. The number of benzene rings is 2. The van der Waals surface area contributed by atoms with Crippen LogP contribution in [0.15, 0.2) is 42.5 Å². The van der Waals surface area contributed by atoms with Gasteiger partial charge in [0, 0.05) is 16.9 Å². The Morgan fingerprint density at radius 2 is 1.70 bits per heavy atom. The molecule has 0 aromatic heterocycles. The Bertz CT molecular complexity index is 661. The van der Waals surface area contributed by atoms with E-state index in [0.29, 0.717) is 22.5 Å². The van der Waals surface area contributed by atoms with Crippen LogP contribution in [0.3, 0.4) is 0 Å². The Kier molecular flexibility index (Phi) is 3.84. The van der Waals surface area contributed by atoms with Crippen molar-refractivity contribution in [3.63, 3.8) is 0 Å². The van der Waals surface area contributed by atoms with Crippen LogP contribution in [0.4, 0.5) is 11.4 Å². The van der Waals surface area contributed by atoms with Crippen molar-refractivity contribution in [1.29, 1.82) is 0 Å². The summed E-state index contributed by atoms with van der Waals surface area (Å²) in [4.78, 5) is 23.3. The maximum absolute atomic E-state index is 12.1. The van der Waals surface area contributed by atoms with Crippen LogP contribution in [0.5, 0.6) is 0 Å². The van der Waals surface area contributed by atoms with Crippen LogP contribution >= 0.6 is 0 Å². The van der Waals surface area contributed by atoms with Gasteiger partial charge in [-0.05, 0) is 50.2 Å². The number of nitrogens with one attached hydrogen (secondary N) is 1. The molecule has 0 saturated carbocycles. The zero-order valence-corrected chi connectivity index (χ0v) is 11.4. The largest absolute Gasteiger partial charge is 0.398 e. The lowest BCUT2D eigenvalue weighted by Crippen LogP contribution is -2.14. The first-order chi connectivity index (χ1) is 9.47. The third-order valence-corrected chi connectivity index (χ3v) is 3.00. The number of carbonyl (C=O) groups excluding carboxylic acids is 2. The van der Waals surface area contributed by atoms with E-state index >= 15 is 0 Å². The minimum atomic E-state index is -0.262. The minimum absolute atomic E-state index is 0.00851. The molecule has 1 amide bonds. The Balaban J connectivity index is 2.19. The van der Waals surface area contributed by atoms with Gasteiger partial charge in [0.25, 0.3) is 5.91 Å². The van der Waals surface area contributed by atoms with E-state index in [1.807, 2.05) is 13.0 Å². The zero-order valence-electron chi connectivity index (χ0n) is 11.4. The van der Waals surface area contributed by atoms with E-state index in [-0.39, 0.29) is 11.7 Å².